The zero-order valence-corrected chi connectivity index (χ0v) is 25.4. The van der Waals surface area contributed by atoms with Gasteiger partial charge in [-0.2, -0.15) is 12.6 Å². The van der Waals surface area contributed by atoms with Gasteiger partial charge in [0, 0.05) is 11.6 Å². The van der Waals surface area contributed by atoms with Crippen LogP contribution in [0, 0.1) is 23.6 Å². The first-order chi connectivity index (χ1) is 18.4. The molecule has 0 aromatic heterocycles. The van der Waals surface area contributed by atoms with Gasteiger partial charge >= 0.3 is 0 Å². The van der Waals surface area contributed by atoms with Crippen molar-refractivity contribution in [1.29, 1.82) is 0 Å². The molecule has 0 heterocycles. The number of nitrogens with zero attached hydrogens (tertiary/aromatic N) is 1. The van der Waals surface area contributed by atoms with Gasteiger partial charge in [0.05, 0.1) is 0 Å². The Labute approximate surface area is 238 Å². The van der Waals surface area contributed by atoms with Crippen molar-refractivity contribution in [2.45, 2.75) is 109 Å². The molecule has 2 nitrogen and oxygen atoms in total. The lowest BCUT2D eigenvalue weighted by molar-refractivity contribution is 0.160. The highest BCUT2D eigenvalue weighted by molar-refractivity contribution is 7.82. The van der Waals surface area contributed by atoms with E-state index >= 15 is 0 Å². The van der Waals surface area contributed by atoms with Gasteiger partial charge in [0.15, 0.2) is 0 Å². The minimum absolute atomic E-state index is 0.173. The number of hydrogen-bond donors (Lipinski definition) is 2. The lowest BCUT2D eigenvalue weighted by Gasteiger charge is -2.49. The number of thiol groups is 1. The van der Waals surface area contributed by atoms with Gasteiger partial charge in [0.2, 0.25) is 0 Å². The molecule has 3 unspecified atom stereocenters. The van der Waals surface area contributed by atoms with Crippen LogP contribution in [0.1, 0.15) is 97.3 Å². The number of rotatable bonds is 9. The fourth-order valence-electron chi connectivity index (χ4n) is 6.43. The van der Waals surface area contributed by atoms with Crippen LogP contribution in [0.3, 0.4) is 0 Å². The minimum atomic E-state index is -0.173. The molecule has 5 aliphatic rings. The quantitative estimate of drug-likeness (QED) is 0.191. The number of halogens is 1. The molecule has 0 bridgehead atoms. The summed E-state index contributed by atoms with van der Waals surface area (Å²) in [5, 5.41) is 3.43. The predicted molar refractivity (Wildman–Crippen MR) is 167 cm³/mol. The third kappa shape index (κ3) is 7.58. The highest BCUT2D eigenvalue weighted by Gasteiger charge is 2.44. The van der Waals surface area contributed by atoms with Crippen LogP contribution < -0.4 is 10.8 Å². The fraction of sp³-hybridized carbons (Fsp3) is 0.697. The zero-order valence-electron chi connectivity index (χ0n) is 24.5. The molecule has 5 aliphatic carbocycles. The average molecular weight is 539 g/mol. The van der Waals surface area contributed by atoms with Crippen LogP contribution in [0.4, 0.5) is 4.39 Å². The molecule has 38 heavy (non-hydrogen) atoms. The molecule has 210 valence electrons. The van der Waals surface area contributed by atoms with Crippen LogP contribution >= 0.6 is 12.6 Å². The Balaban J connectivity index is 0.000000161. The molecule has 0 radical (unpaired) electrons. The molecule has 5 heteroatoms. The van der Waals surface area contributed by atoms with E-state index in [0.717, 1.165) is 34.9 Å². The van der Waals surface area contributed by atoms with Crippen LogP contribution in [0.25, 0.3) is 0 Å². The van der Waals surface area contributed by atoms with Crippen LogP contribution in [-0.4, -0.2) is 43.0 Å². The summed E-state index contributed by atoms with van der Waals surface area (Å²) in [6, 6.07) is 7.64. The summed E-state index contributed by atoms with van der Waals surface area (Å²) in [5.41, 5.74) is 5.52. The second-order valence-electron chi connectivity index (χ2n) is 12.9. The Bertz CT molecular complexity index is 925. The van der Waals surface area contributed by atoms with Crippen LogP contribution in [0.2, 0.25) is 0 Å². The summed E-state index contributed by atoms with van der Waals surface area (Å²) in [4.78, 5) is 2.46. The van der Waals surface area contributed by atoms with Crippen molar-refractivity contribution >= 4 is 24.9 Å². The Morgan fingerprint density at radius 3 is 2.24 bits per heavy atom. The van der Waals surface area contributed by atoms with E-state index < -0.39 is 0 Å². The Kier molecular flexibility index (Phi) is 11.1. The maximum Gasteiger partial charge on any atom is 0.268 e. The number of allylic oxidation sites excluding steroid dienone is 1. The van der Waals surface area contributed by atoms with E-state index in [0.29, 0.717) is 0 Å². The zero-order chi connectivity index (χ0) is 27.1. The van der Waals surface area contributed by atoms with Crippen molar-refractivity contribution in [2.75, 3.05) is 19.7 Å². The van der Waals surface area contributed by atoms with E-state index in [1.807, 2.05) is 12.1 Å². The van der Waals surface area contributed by atoms with Gasteiger partial charge in [0.25, 0.3) is 6.85 Å². The molecule has 0 spiro atoms. The molecule has 0 amide bonds. The largest absolute Gasteiger partial charge is 0.332 e. The first kappa shape index (κ1) is 29.9. The molecule has 0 aliphatic heterocycles. The number of hydrogen-bond acceptors (Lipinski definition) is 3. The summed E-state index contributed by atoms with van der Waals surface area (Å²) in [5.74, 6) is 2.54. The topological polar surface area (TPSA) is 15.3 Å². The lowest BCUT2D eigenvalue weighted by atomic mass is 9.52. The molecule has 4 saturated carbocycles. The Morgan fingerprint density at radius 2 is 1.76 bits per heavy atom. The monoisotopic (exact) mass is 538 g/mol. The standard InChI is InChI=1S/C16H21BFNS.C13H23N.C4H8/c1-19(16(9-2-10-16)11-13-3-4-13)17(12-20)14-5-7-15(18)8-6-14;1-9(2)4-5-10-8-12-11(10)6-7-13(12)14-3;1-2-4-3-1/h5-8,11,20H,2-4,9-10,12H2,1H3;6,9-10,12-14H,4-5,7-8H2,1-3H3;1-4H2. The summed E-state index contributed by atoms with van der Waals surface area (Å²) in [6.07, 6.45) is 22.9. The SMILES string of the molecule is C1CCC1.CN(B(CS)c1ccc(F)cc1)C1(C=C2CC2)CCC1.CNC1CC=C2C(CCC(C)C)CC21. The smallest absolute Gasteiger partial charge is 0.268 e. The van der Waals surface area contributed by atoms with E-state index in [-0.39, 0.29) is 18.2 Å². The molecular formula is C33H52BFN2S. The first-order valence-corrected chi connectivity index (χ1v) is 16.2. The summed E-state index contributed by atoms with van der Waals surface area (Å²) in [7, 11) is 4.30. The molecule has 0 saturated heterocycles. The average Bonchev–Trinajstić information content (AvgIpc) is 3.58. The van der Waals surface area contributed by atoms with E-state index in [1.54, 1.807) is 23.3 Å². The first-order valence-electron chi connectivity index (χ1n) is 15.5. The molecule has 1 N–H and O–H groups in total. The van der Waals surface area contributed by atoms with Crippen LogP contribution in [0.15, 0.2) is 47.6 Å². The van der Waals surface area contributed by atoms with Crippen molar-refractivity contribution in [3.63, 3.8) is 0 Å². The summed E-state index contributed by atoms with van der Waals surface area (Å²) in [6.45, 7) is 4.90. The van der Waals surface area contributed by atoms with Gasteiger partial charge in [-0.3, -0.25) is 0 Å². The van der Waals surface area contributed by atoms with Crippen molar-refractivity contribution in [3.05, 3.63) is 53.4 Å². The van der Waals surface area contributed by atoms with Crippen molar-refractivity contribution < 1.29 is 4.39 Å². The minimum Gasteiger partial charge on any atom is -0.332 e. The predicted octanol–water partition coefficient (Wildman–Crippen LogP) is 7.61. The number of nitrogens with one attached hydrogen (secondary N) is 1. The fourth-order valence-corrected chi connectivity index (χ4v) is 6.89. The maximum absolute atomic E-state index is 13.1. The van der Waals surface area contributed by atoms with Gasteiger partial charge in [0.1, 0.15) is 5.82 Å². The van der Waals surface area contributed by atoms with Gasteiger partial charge in [-0.1, -0.05) is 86.8 Å². The van der Waals surface area contributed by atoms with E-state index in [2.05, 4.69) is 62.9 Å². The van der Waals surface area contributed by atoms with Crippen molar-refractivity contribution in [2.24, 2.45) is 17.8 Å². The maximum atomic E-state index is 13.1. The van der Waals surface area contributed by atoms with Gasteiger partial charge in [-0.15, -0.1) is 0 Å². The Hall–Kier alpha value is -1.04. The number of benzene rings is 1. The second kappa shape index (κ2) is 14.0. The highest BCUT2D eigenvalue weighted by atomic mass is 32.1. The van der Waals surface area contributed by atoms with Gasteiger partial charge in [-0.25, -0.2) is 4.39 Å². The van der Waals surface area contributed by atoms with E-state index in [1.165, 1.54) is 83.5 Å². The van der Waals surface area contributed by atoms with Gasteiger partial charge in [-0.05, 0) is 101 Å². The molecule has 1 aromatic carbocycles. The number of likely N-dealkylation sites (N-methyl/N-ethyl adjacent to an activating group) is 1. The van der Waals surface area contributed by atoms with Crippen molar-refractivity contribution in [3.8, 4) is 0 Å². The van der Waals surface area contributed by atoms with E-state index in [4.69, 9.17) is 0 Å². The van der Waals surface area contributed by atoms with Gasteiger partial charge < -0.3 is 10.1 Å². The summed E-state index contributed by atoms with van der Waals surface area (Å²) < 4.78 is 13.1. The van der Waals surface area contributed by atoms with Crippen LogP contribution in [-0.2, 0) is 0 Å². The van der Waals surface area contributed by atoms with Crippen molar-refractivity contribution in [1.82, 2.24) is 10.1 Å². The van der Waals surface area contributed by atoms with Crippen LogP contribution in [0.5, 0.6) is 0 Å². The lowest BCUT2D eigenvalue weighted by Crippen LogP contribution is -2.61. The third-order valence-corrected chi connectivity index (χ3v) is 10.2. The molecule has 4 fully saturated rings. The third-order valence-electron chi connectivity index (χ3n) is 9.82. The Morgan fingerprint density at radius 1 is 1.11 bits per heavy atom. The molecule has 3 atom stereocenters. The number of fused-ring (bicyclic) bond motifs is 1. The molecule has 6 rings (SSSR count). The normalized spacial score (nSPS) is 25.9. The molecular weight excluding hydrogens is 486 g/mol. The molecule has 1 aromatic rings. The second-order valence-corrected chi connectivity index (χ2v) is 13.2. The highest BCUT2D eigenvalue weighted by Crippen LogP contribution is 2.49. The van der Waals surface area contributed by atoms with E-state index in [9.17, 15) is 4.39 Å². The summed E-state index contributed by atoms with van der Waals surface area (Å²) >= 11 is 4.54.